The highest BCUT2D eigenvalue weighted by Gasteiger charge is 2.08. The molecule has 0 saturated carbocycles. The number of amides is 1. The molecular formula is C12H17N2OP. The Kier molecular flexibility index (Phi) is 5.13. The average Bonchev–Trinajstić information content (AvgIpc) is 2.26. The molecule has 3 nitrogen and oxygen atoms in total. The van der Waals surface area contributed by atoms with Crippen LogP contribution < -0.4 is 4.90 Å². The zero-order chi connectivity index (χ0) is 12.0. The molecule has 0 aliphatic rings. The van der Waals surface area contributed by atoms with Gasteiger partial charge in [-0.05, 0) is 34.7 Å². The molecule has 0 spiro atoms. The number of amidine groups is 1. The van der Waals surface area contributed by atoms with Crippen molar-refractivity contribution in [3.05, 3.63) is 30.3 Å². The largest absolute Gasteiger partial charge is 0.330 e. The number of rotatable bonds is 3. The highest BCUT2D eigenvalue weighted by Crippen LogP contribution is 2.14. The van der Waals surface area contributed by atoms with E-state index in [0.29, 0.717) is 0 Å². The predicted octanol–water partition coefficient (Wildman–Crippen LogP) is 3.32. The van der Waals surface area contributed by atoms with Gasteiger partial charge in [-0.3, -0.25) is 4.79 Å². The molecule has 1 aromatic rings. The SMILES string of the molecule is CCCN(C(C)=NC(=O)P)c1ccccc1. The Bertz CT molecular complexity index is 376. The van der Waals surface area contributed by atoms with E-state index in [4.69, 9.17) is 0 Å². The minimum absolute atomic E-state index is 0.241. The Morgan fingerprint density at radius 2 is 2.00 bits per heavy atom. The maximum atomic E-state index is 10.9. The van der Waals surface area contributed by atoms with E-state index >= 15 is 0 Å². The first kappa shape index (κ1) is 12.9. The highest BCUT2D eigenvalue weighted by atomic mass is 31.0. The van der Waals surface area contributed by atoms with Crippen molar-refractivity contribution in [3.8, 4) is 0 Å². The third kappa shape index (κ3) is 3.74. The summed E-state index contributed by atoms with van der Waals surface area (Å²) in [5.74, 6) is 0.730. The number of hydrogen-bond acceptors (Lipinski definition) is 1. The van der Waals surface area contributed by atoms with Crippen molar-refractivity contribution in [2.75, 3.05) is 11.4 Å². The second-order valence-corrected chi connectivity index (χ2v) is 3.98. The second kappa shape index (κ2) is 6.39. The third-order valence-corrected chi connectivity index (χ3v) is 2.31. The lowest BCUT2D eigenvalue weighted by Gasteiger charge is -2.23. The van der Waals surface area contributed by atoms with Gasteiger partial charge in [0.15, 0.2) is 0 Å². The van der Waals surface area contributed by atoms with Crippen LogP contribution in [0.15, 0.2) is 35.3 Å². The lowest BCUT2D eigenvalue weighted by Crippen LogP contribution is -2.29. The molecule has 1 rings (SSSR count). The summed E-state index contributed by atoms with van der Waals surface area (Å²) in [5.41, 5.74) is 0.825. The van der Waals surface area contributed by atoms with Crippen molar-refractivity contribution in [2.24, 2.45) is 4.99 Å². The van der Waals surface area contributed by atoms with Gasteiger partial charge >= 0.3 is 0 Å². The minimum Gasteiger partial charge on any atom is -0.330 e. The molecule has 1 unspecified atom stereocenters. The monoisotopic (exact) mass is 236 g/mol. The molecule has 0 N–H and O–H groups in total. The summed E-state index contributed by atoms with van der Waals surface area (Å²) in [5, 5.41) is 0. The van der Waals surface area contributed by atoms with E-state index in [0.717, 1.165) is 24.5 Å². The summed E-state index contributed by atoms with van der Waals surface area (Å²) in [4.78, 5) is 16.9. The Hall–Kier alpha value is -1.21. The Morgan fingerprint density at radius 3 is 2.50 bits per heavy atom. The van der Waals surface area contributed by atoms with Crippen LogP contribution >= 0.6 is 9.24 Å². The van der Waals surface area contributed by atoms with Gasteiger partial charge in [-0.25, -0.2) is 0 Å². The van der Waals surface area contributed by atoms with Gasteiger partial charge < -0.3 is 4.90 Å². The van der Waals surface area contributed by atoms with Gasteiger partial charge in [-0.15, -0.1) is 0 Å². The van der Waals surface area contributed by atoms with Gasteiger partial charge in [0.05, 0.1) is 0 Å². The first-order chi connectivity index (χ1) is 7.65. The molecule has 0 radical (unpaired) electrons. The minimum atomic E-state index is -0.241. The highest BCUT2D eigenvalue weighted by molar-refractivity contribution is 7.40. The first-order valence-corrected chi connectivity index (χ1v) is 5.90. The topological polar surface area (TPSA) is 32.7 Å². The van der Waals surface area contributed by atoms with Crippen molar-refractivity contribution >= 4 is 26.4 Å². The maximum Gasteiger partial charge on any atom is 0.261 e. The maximum absolute atomic E-state index is 10.9. The fourth-order valence-electron chi connectivity index (χ4n) is 1.53. The molecule has 86 valence electrons. The van der Waals surface area contributed by atoms with Crippen molar-refractivity contribution in [1.29, 1.82) is 0 Å². The Labute approximate surface area is 98.8 Å². The molecule has 4 heteroatoms. The second-order valence-electron chi connectivity index (χ2n) is 3.48. The van der Waals surface area contributed by atoms with Crippen LogP contribution in [0.5, 0.6) is 0 Å². The van der Waals surface area contributed by atoms with Crippen LogP contribution in [0.25, 0.3) is 0 Å². The van der Waals surface area contributed by atoms with Crippen LogP contribution in [-0.2, 0) is 0 Å². The fourth-order valence-corrected chi connectivity index (χ4v) is 1.72. The number of para-hydroxylation sites is 1. The molecule has 0 heterocycles. The molecule has 0 bridgehead atoms. The van der Waals surface area contributed by atoms with Gasteiger partial charge in [0, 0.05) is 12.2 Å². The summed E-state index contributed by atoms with van der Waals surface area (Å²) < 4.78 is 0. The van der Waals surface area contributed by atoms with Crippen LogP contribution in [0.3, 0.4) is 0 Å². The number of benzene rings is 1. The number of anilines is 1. The van der Waals surface area contributed by atoms with Crippen molar-refractivity contribution < 1.29 is 4.79 Å². The van der Waals surface area contributed by atoms with Crippen LogP contribution in [0, 0.1) is 0 Å². The van der Waals surface area contributed by atoms with E-state index in [1.807, 2.05) is 42.2 Å². The quantitative estimate of drug-likeness (QED) is 0.458. The molecule has 0 fully saturated rings. The van der Waals surface area contributed by atoms with E-state index in [-0.39, 0.29) is 5.65 Å². The van der Waals surface area contributed by atoms with Gasteiger partial charge in [-0.1, -0.05) is 25.1 Å². The molecule has 0 aliphatic heterocycles. The van der Waals surface area contributed by atoms with E-state index in [9.17, 15) is 4.79 Å². The number of carbonyl (C=O) groups is 1. The molecule has 0 aromatic heterocycles. The van der Waals surface area contributed by atoms with Crippen LogP contribution in [0.1, 0.15) is 20.3 Å². The summed E-state index contributed by atoms with van der Waals surface area (Å²) in [6.07, 6.45) is 1.01. The lowest BCUT2D eigenvalue weighted by atomic mass is 10.2. The zero-order valence-corrected chi connectivity index (χ0v) is 10.8. The fraction of sp³-hybridized carbons (Fsp3) is 0.333. The summed E-state index contributed by atoms with van der Waals surface area (Å²) in [6, 6.07) is 9.96. The number of nitrogens with zero attached hydrogens (tertiary/aromatic N) is 2. The van der Waals surface area contributed by atoms with Crippen LogP contribution in [-0.4, -0.2) is 18.0 Å². The van der Waals surface area contributed by atoms with Gasteiger partial charge in [0.25, 0.3) is 5.65 Å². The van der Waals surface area contributed by atoms with Gasteiger partial charge in [-0.2, -0.15) is 4.99 Å². The van der Waals surface area contributed by atoms with Crippen LogP contribution in [0.2, 0.25) is 0 Å². The lowest BCUT2D eigenvalue weighted by molar-refractivity contribution is 0.267. The normalized spacial score (nSPS) is 11.3. The molecule has 1 amide bonds. The number of aliphatic imine (C=N–C) groups is 1. The van der Waals surface area contributed by atoms with Crippen molar-refractivity contribution in [1.82, 2.24) is 0 Å². The number of carbonyl (C=O) groups excluding carboxylic acids is 1. The van der Waals surface area contributed by atoms with E-state index in [1.54, 1.807) is 0 Å². The van der Waals surface area contributed by atoms with E-state index in [1.165, 1.54) is 0 Å². The summed E-state index contributed by atoms with van der Waals surface area (Å²) >= 11 is 0. The smallest absolute Gasteiger partial charge is 0.261 e. The van der Waals surface area contributed by atoms with Gasteiger partial charge in [0.1, 0.15) is 5.84 Å². The molecular weight excluding hydrogens is 219 g/mol. The standard InChI is InChI=1S/C12H17N2OP/c1-3-9-14(10(2)13-12(15)16)11-7-5-4-6-8-11/h4-8H,3,9,16H2,1-2H3. The summed E-state index contributed by atoms with van der Waals surface area (Å²) in [7, 11) is 2.07. The van der Waals surface area contributed by atoms with E-state index in [2.05, 4.69) is 21.2 Å². The van der Waals surface area contributed by atoms with Crippen molar-refractivity contribution in [3.63, 3.8) is 0 Å². The van der Waals surface area contributed by atoms with Gasteiger partial charge in [0.2, 0.25) is 0 Å². The number of hydrogen-bond donors (Lipinski definition) is 0. The molecule has 0 aliphatic carbocycles. The van der Waals surface area contributed by atoms with Crippen LogP contribution in [0.4, 0.5) is 10.5 Å². The Morgan fingerprint density at radius 1 is 1.38 bits per heavy atom. The predicted molar refractivity (Wildman–Crippen MR) is 72.3 cm³/mol. The Balaban J connectivity index is 2.96. The molecule has 0 saturated heterocycles. The van der Waals surface area contributed by atoms with Crippen molar-refractivity contribution in [2.45, 2.75) is 20.3 Å². The zero-order valence-electron chi connectivity index (χ0n) is 9.68. The summed E-state index contributed by atoms with van der Waals surface area (Å²) in [6.45, 7) is 4.81. The molecule has 1 atom stereocenters. The molecule has 16 heavy (non-hydrogen) atoms. The average molecular weight is 236 g/mol. The first-order valence-electron chi connectivity index (χ1n) is 5.32. The molecule has 1 aromatic carbocycles. The van der Waals surface area contributed by atoms with E-state index < -0.39 is 0 Å². The third-order valence-electron chi connectivity index (χ3n) is 2.18.